The molecule has 56 valence electrons. The summed E-state index contributed by atoms with van der Waals surface area (Å²) in [5.74, 6) is 0. The molecule has 2 aromatic heterocycles. The van der Waals surface area contributed by atoms with Gasteiger partial charge in [0.15, 0.2) is 0 Å². The topological polar surface area (TPSA) is 67.6 Å². The van der Waals surface area contributed by atoms with E-state index >= 15 is 0 Å². The second kappa shape index (κ2) is 2.32. The molecule has 0 aliphatic heterocycles. The van der Waals surface area contributed by atoms with Crippen LogP contribution in [0.3, 0.4) is 0 Å². The summed E-state index contributed by atoms with van der Waals surface area (Å²) < 4.78 is 0. The lowest BCUT2D eigenvalue weighted by molar-refractivity contribution is 1.07. The van der Waals surface area contributed by atoms with E-state index in [9.17, 15) is 0 Å². The van der Waals surface area contributed by atoms with Crippen molar-refractivity contribution >= 4 is 10.9 Å². The van der Waals surface area contributed by atoms with Crippen molar-refractivity contribution in [3.05, 3.63) is 24.2 Å². The van der Waals surface area contributed by atoms with Gasteiger partial charge in [-0.2, -0.15) is 5.10 Å². The second-order valence-corrected chi connectivity index (χ2v) is 2.33. The SMILES string of the molecule is NCc1cncc2[nH]ncc12. The van der Waals surface area contributed by atoms with E-state index in [2.05, 4.69) is 15.2 Å². The monoisotopic (exact) mass is 148 g/mol. The van der Waals surface area contributed by atoms with E-state index in [1.807, 2.05) is 0 Å². The Morgan fingerprint density at radius 2 is 2.27 bits per heavy atom. The highest BCUT2D eigenvalue weighted by atomic mass is 15.1. The molecule has 0 bridgehead atoms. The van der Waals surface area contributed by atoms with Gasteiger partial charge in [0.2, 0.25) is 0 Å². The Morgan fingerprint density at radius 3 is 3.09 bits per heavy atom. The third kappa shape index (κ3) is 0.877. The number of nitrogens with zero attached hydrogens (tertiary/aromatic N) is 2. The summed E-state index contributed by atoms with van der Waals surface area (Å²) >= 11 is 0. The van der Waals surface area contributed by atoms with E-state index in [0.29, 0.717) is 6.54 Å². The van der Waals surface area contributed by atoms with Crippen molar-refractivity contribution in [2.45, 2.75) is 6.54 Å². The van der Waals surface area contributed by atoms with Gasteiger partial charge in [-0.05, 0) is 5.56 Å². The molecule has 0 aliphatic carbocycles. The predicted octanol–water partition coefficient (Wildman–Crippen LogP) is 0.417. The number of nitrogens with two attached hydrogens (primary N) is 1. The number of hydrogen-bond acceptors (Lipinski definition) is 3. The molecule has 0 saturated carbocycles. The van der Waals surface area contributed by atoms with Crippen molar-refractivity contribution < 1.29 is 0 Å². The maximum Gasteiger partial charge on any atom is 0.0836 e. The van der Waals surface area contributed by atoms with Gasteiger partial charge in [-0.15, -0.1) is 0 Å². The highest BCUT2D eigenvalue weighted by Gasteiger charge is 1.99. The van der Waals surface area contributed by atoms with Crippen molar-refractivity contribution in [1.82, 2.24) is 15.2 Å². The largest absolute Gasteiger partial charge is 0.326 e. The maximum absolute atomic E-state index is 5.49. The molecule has 11 heavy (non-hydrogen) atoms. The number of aromatic amines is 1. The minimum Gasteiger partial charge on any atom is -0.326 e. The summed E-state index contributed by atoms with van der Waals surface area (Å²) in [6.45, 7) is 0.504. The van der Waals surface area contributed by atoms with Crippen molar-refractivity contribution in [1.29, 1.82) is 0 Å². The van der Waals surface area contributed by atoms with Gasteiger partial charge >= 0.3 is 0 Å². The molecule has 0 unspecified atom stereocenters. The fourth-order valence-corrected chi connectivity index (χ4v) is 1.08. The number of pyridine rings is 1. The summed E-state index contributed by atoms with van der Waals surface area (Å²) in [7, 11) is 0. The van der Waals surface area contributed by atoms with E-state index in [-0.39, 0.29) is 0 Å². The number of H-pyrrole nitrogens is 1. The van der Waals surface area contributed by atoms with E-state index in [1.165, 1.54) is 0 Å². The first-order valence-electron chi connectivity index (χ1n) is 3.38. The molecule has 0 atom stereocenters. The van der Waals surface area contributed by atoms with Crippen molar-refractivity contribution in [3.8, 4) is 0 Å². The molecule has 0 amide bonds. The van der Waals surface area contributed by atoms with Crippen LogP contribution >= 0.6 is 0 Å². The smallest absolute Gasteiger partial charge is 0.0836 e. The summed E-state index contributed by atoms with van der Waals surface area (Å²) in [5, 5.41) is 7.77. The molecule has 0 saturated heterocycles. The molecule has 2 rings (SSSR count). The molecule has 0 spiro atoms. The standard InChI is InChI=1S/C7H8N4/c8-1-5-2-9-4-7-6(5)3-10-11-7/h2-4H,1,8H2,(H,10,11). The van der Waals surface area contributed by atoms with Crippen molar-refractivity contribution in [2.75, 3.05) is 0 Å². The van der Waals surface area contributed by atoms with Gasteiger partial charge < -0.3 is 5.73 Å². The minimum atomic E-state index is 0.504. The molecule has 4 heteroatoms. The lowest BCUT2D eigenvalue weighted by Crippen LogP contribution is -1.96. The van der Waals surface area contributed by atoms with Crippen LogP contribution in [-0.2, 0) is 6.54 Å². The fourth-order valence-electron chi connectivity index (χ4n) is 1.08. The molecule has 0 fully saturated rings. The summed E-state index contributed by atoms with van der Waals surface area (Å²) in [6.07, 6.45) is 5.26. The first-order valence-corrected chi connectivity index (χ1v) is 3.38. The number of aromatic nitrogens is 3. The minimum absolute atomic E-state index is 0.504. The summed E-state index contributed by atoms with van der Waals surface area (Å²) in [6, 6.07) is 0. The maximum atomic E-state index is 5.49. The van der Waals surface area contributed by atoms with Gasteiger partial charge in [-0.25, -0.2) is 0 Å². The highest BCUT2D eigenvalue weighted by molar-refractivity contribution is 5.80. The zero-order chi connectivity index (χ0) is 7.68. The third-order valence-corrected chi connectivity index (χ3v) is 1.67. The first-order chi connectivity index (χ1) is 5.42. The van der Waals surface area contributed by atoms with Crippen LogP contribution in [0.4, 0.5) is 0 Å². The Hall–Kier alpha value is -1.42. The Labute approximate surface area is 63.4 Å². The zero-order valence-electron chi connectivity index (χ0n) is 5.91. The van der Waals surface area contributed by atoms with Crippen LogP contribution in [0.1, 0.15) is 5.56 Å². The average Bonchev–Trinajstić information content (AvgIpc) is 2.50. The van der Waals surface area contributed by atoms with E-state index in [0.717, 1.165) is 16.5 Å². The van der Waals surface area contributed by atoms with Crippen LogP contribution in [0.25, 0.3) is 10.9 Å². The van der Waals surface area contributed by atoms with Crippen LogP contribution in [0.2, 0.25) is 0 Å². The van der Waals surface area contributed by atoms with Crippen LogP contribution in [-0.4, -0.2) is 15.2 Å². The summed E-state index contributed by atoms with van der Waals surface area (Å²) in [5.41, 5.74) is 7.46. The van der Waals surface area contributed by atoms with Crippen molar-refractivity contribution in [3.63, 3.8) is 0 Å². The Bertz CT molecular complexity index is 365. The molecular weight excluding hydrogens is 140 g/mol. The van der Waals surface area contributed by atoms with Gasteiger partial charge in [0, 0.05) is 18.1 Å². The van der Waals surface area contributed by atoms with Gasteiger partial charge in [-0.3, -0.25) is 10.1 Å². The van der Waals surface area contributed by atoms with Gasteiger partial charge in [0.05, 0.1) is 17.9 Å². The Balaban J connectivity index is 2.79. The van der Waals surface area contributed by atoms with Crippen molar-refractivity contribution in [2.24, 2.45) is 5.73 Å². The van der Waals surface area contributed by atoms with Gasteiger partial charge in [0.1, 0.15) is 0 Å². The molecule has 0 aromatic carbocycles. The first kappa shape index (κ1) is 6.30. The normalized spacial score (nSPS) is 10.6. The molecule has 2 aromatic rings. The number of hydrogen-bond donors (Lipinski definition) is 2. The lowest BCUT2D eigenvalue weighted by Gasteiger charge is -1.94. The summed E-state index contributed by atoms with van der Waals surface area (Å²) in [4.78, 5) is 4.00. The molecule has 0 radical (unpaired) electrons. The van der Waals surface area contributed by atoms with E-state index in [1.54, 1.807) is 18.6 Å². The second-order valence-electron chi connectivity index (χ2n) is 2.33. The molecule has 2 heterocycles. The molecule has 0 aliphatic rings. The molecule has 4 nitrogen and oxygen atoms in total. The van der Waals surface area contributed by atoms with E-state index < -0.39 is 0 Å². The van der Waals surface area contributed by atoms with Crippen LogP contribution in [0, 0.1) is 0 Å². The van der Waals surface area contributed by atoms with E-state index in [4.69, 9.17) is 5.73 Å². The zero-order valence-corrected chi connectivity index (χ0v) is 5.91. The lowest BCUT2D eigenvalue weighted by atomic mass is 10.2. The Kier molecular flexibility index (Phi) is 1.33. The highest BCUT2D eigenvalue weighted by Crippen LogP contribution is 2.12. The number of fused-ring (bicyclic) bond motifs is 1. The average molecular weight is 148 g/mol. The molecular formula is C7H8N4. The molecule has 3 N–H and O–H groups in total. The predicted molar refractivity (Wildman–Crippen MR) is 41.8 cm³/mol. The quantitative estimate of drug-likeness (QED) is 0.615. The van der Waals surface area contributed by atoms with Crippen LogP contribution < -0.4 is 5.73 Å². The van der Waals surface area contributed by atoms with Crippen LogP contribution in [0.15, 0.2) is 18.6 Å². The Morgan fingerprint density at radius 1 is 1.36 bits per heavy atom. The van der Waals surface area contributed by atoms with Crippen LogP contribution in [0.5, 0.6) is 0 Å². The van der Waals surface area contributed by atoms with Gasteiger partial charge in [-0.1, -0.05) is 0 Å². The number of nitrogens with one attached hydrogen (secondary N) is 1. The third-order valence-electron chi connectivity index (χ3n) is 1.67. The fraction of sp³-hybridized carbons (Fsp3) is 0.143. The van der Waals surface area contributed by atoms with Gasteiger partial charge in [0.25, 0.3) is 0 Å². The number of rotatable bonds is 1.